The number of anilines is 1. The molecule has 2 N–H and O–H groups in total. The van der Waals surface area contributed by atoms with Crippen LogP contribution in [-0.2, 0) is 0 Å². The Labute approximate surface area is 265 Å². The Morgan fingerprint density at radius 3 is 2.50 bits per heavy atom. The second-order valence-corrected chi connectivity index (χ2v) is 12.1. The minimum atomic E-state index is 0.0736. The van der Waals surface area contributed by atoms with Gasteiger partial charge in [0.15, 0.2) is 5.75 Å². The van der Waals surface area contributed by atoms with Crippen LogP contribution in [0, 0.1) is 0 Å². The first-order chi connectivity index (χ1) is 21.5. The summed E-state index contributed by atoms with van der Waals surface area (Å²) in [6, 6.07) is 17.5. The summed E-state index contributed by atoms with van der Waals surface area (Å²) < 4.78 is 6.77. The van der Waals surface area contributed by atoms with Crippen molar-refractivity contribution in [2.45, 2.75) is 58.8 Å². The van der Waals surface area contributed by atoms with E-state index in [2.05, 4.69) is 102 Å². The highest BCUT2D eigenvalue weighted by molar-refractivity contribution is 5.92. The number of hydrogen-bond acceptors (Lipinski definition) is 5. The average Bonchev–Trinajstić information content (AvgIpc) is 3.06. The van der Waals surface area contributed by atoms with Gasteiger partial charge < -0.3 is 25.2 Å². The maximum Gasteiger partial charge on any atom is 0.155 e. The van der Waals surface area contributed by atoms with E-state index >= 15 is 0 Å². The molecule has 3 aromatic carbocycles. The van der Waals surface area contributed by atoms with E-state index in [0.717, 1.165) is 78.7 Å². The average molecular weight is 593 g/mol. The minimum Gasteiger partial charge on any atom is -0.454 e. The van der Waals surface area contributed by atoms with Crippen LogP contribution in [0.15, 0.2) is 79.0 Å². The number of hydrogen-bond donors (Lipinski definition) is 2. The fraction of sp³-hybridized carbons (Fsp3) is 0.436. The molecule has 2 aliphatic heterocycles. The lowest BCUT2D eigenvalue weighted by Gasteiger charge is -2.35. The van der Waals surface area contributed by atoms with Crippen LogP contribution in [0.2, 0.25) is 0 Å². The highest BCUT2D eigenvalue weighted by Crippen LogP contribution is 2.55. The minimum absolute atomic E-state index is 0.0736. The predicted octanol–water partition coefficient (Wildman–Crippen LogP) is 8.79. The van der Waals surface area contributed by atoms with Crippen LogP contribution >= 0.6 is 0 Å². The van der Waals surface area contributed by atoms with Crippen LogP contribution in [0.1, 0.15) is 75.5 Å². The summed E-state index contributed by atoms with van der Waals surface area (Å²) in [6.07, 6.45) is 8.64. The molecule has 3 aromatic rings. The number of unbranched alkanes of at least 4 members (excludes halogenated alkanes) is 1. The van der Waals surface area contributed by atoms with Gasteiger partial charge in [0.05, 0.1) is 5.69 Å². The van der Waals surface area contributed by atoms with E-state index in [0.29, 0.717) is 0 Å². The second kappa shape index (κ2) is 15.0. The summed E-state index contributed by atoms with van der Waals surface area (Å²) in [5, 5.41) is 9.77. The van der Waals surface area contributed by atoms with Crippen molar-refractivity contribution in [2.24, 2.45) is 0 Å². The molecule has 1 saturated heterocycles. The van der Waals surface area contributed by atoms with Gasteiger partial charge in [0.2, 0.25) is 0 Å². The number of nitrogens with one attached hydrogen (secondary N) is 2. The first-order valence-electron chi connectivity index (χ1n) is 16.9. The van der Waals surface area contributed by atoms with Crippen molar-refractivity contribution in [3.8, 4) is 11.5 Å². The molecule has 0 amide bonds. The standard InChI is InChI=1S/C37H46N4O.C2H6/c1-5-40(4)19-12-9-17-39-34-16-15-30-26(2)31(27(3)38-18-22-41-20-10-6-11-21-41)25-33-32-23-28-13-7-8-14-29(28)24-35(32)42-37(34)36(30)33;1-2/h7-8,13-16,23-25,33,38-39H,2-3,5-6,9-12,17-22H2,1,4H3;1-2H3. The maximum atomic E-state index is 6.77. The van der Waals surface area contributed by atoms with Crippen LogP contribution in [0.5, 0.6) is 11.5 Å². The normalized spacial score (nSPS) is 17.2. The number of rotatable bonds is 12. The smallest absolute Gasteiger partial charge is 0.155 e. The first-order valence-corrected chi connectivity index (χ1v) is 16.9. The second-order valence-electron chi connectivity index (χ2n) is 12.1. The van der Waals surface area contributed by atoms with Crippen molar-refractivity contribution in [1.82, 2.24) is 15.1 Å². The van der Waals surface area contributed by atoms with Gasteiger partial charge in [-0.1, -0.05) is 76.8 Å². The van der Waals surface area contributed by atoms with Gasteiger partial charge in [-0.05, 0) is 99.0 Å². The summed E-state index contributed by atoms with van der Waals surface area (Å²) in [5.41, 5.74) is 7.71. The summed E-state index contributed by atoms with van der Waals surface area (Å²) in [6.45, 7) is 22.8. The molecule has 0 radical (unpaired) electrons. The van der Waals surface area contributed by atoms with Crippen molar-refractivity contribution in [3.05, 3.63) is 95.7 Å². The number of allylic oxidation sites excluding steroid dienone is 2. The van der Waals surface area contributed by atoms with E-state index in [1.165, 1.54) is 60.7 Å². The third-order valence-corrected chi connectivity index (χ3v) is 9.28. The molecule has 0 aromatic heterocycles. The molecular weight excluding hydrogens is 540 g/mol. The molecular formula is C39H52N4O. The molecule has 44 heavy (non-hydrogen) atoms. The van der Waals surface area contributed by atoms with Gasteiger partial charge in [0.25, 0.3) is 0 Å². The van der Waals surface area contributed by atoms with Crippen LogP contribution in [-0.4, -0.2) is 62.7 Å². The SMILES string of the molecule is C=C(NCCN1CCCCC1)C1=CC2c3cc4ccccc4cc3Oc3c(NCCCCN(C)CC)ccc(c32)C1=C.CC. The summed E-state index contributed by atoms with van der Waals surface area (Å²) >= 11 is 0. The quantitative estimate of drug-likeness (QED) is 0.206. The number of ether oxygens (including phenoxy) is 1. The molecule has 234 valence electrons. The number of likely N-dealkylation sites (tertiary alicyclic amines) is 1. The van der Waals surface area contributed by atoms with Crippen LogP contribution in [0.25, 0.3) is 16.3 Å². The van der Waals surface area contributed by atoms with E-state index < -0.39 is 0 Å². The molecule has 0 spiro atoms. The molecule has 0 bridgehead atoms. The van der Waals surface area contributed by atoms with Crippen molar-refractivity contribution in [2.75, 3.05) is 58.2 Å². The Morgan fingerprint density at radius 1 is 1.00 bits per heavy atom. The summed E-state index contributed by atoms with van der Waals surface area (Å²) in [5.74, 6) is 1.94. The lowest BCUT2D eigenvalue weighted by molar-refractivity contribution is 0.231. The van der Waals surface area contributed by atoms with E-state index in [1.807, 2.05) is 13.8 Å². The maximum absolute atomic E-state index is 6.77. The van der Waals surface area contributed by atoms with Gasteiger partial charge in [0, 0.05) is 47.9 Å². The molecule has 1 unspecified atom stereocenters. The molecule has 1 atom stereocenters. The zero-order chi connectivity index (χ0) is 31.1. The molecule has 5 nitrogen and oxygen atoms in total. The Kier molecular flexibility index (Phi) is 10.8. The number of piperidine rings is 1. The lowest BCUT2D eigenvalue weighted by atomic mass is 9.75. The van der Waals surface area contributed by atoms with Crippen molar-refractivity contribution < 1.29 is 4.74 Å². The van der Waals surface area contributed by atoms with E-state index in [1.54, 1.807) is 0 Å². The first kappa shape index (κ1) is 31.9. The highest BCUT2D eigenvalue weighted by atomic mass is 16.5. The number of fused-ring (bicyclic) bond motifs is 3. The van der Waals surface area contributed by atoms with E-state index in [-0.39, 0.29) is 5.92 Å². The monoisotopic (exact) mass is 592 g/mol. The Balaban J connectivity index is 0.00000188. The van der Waals surface area contributed by atoms with Crippen molar-refractivity contribution in [3.63, 3.8) is 0 Å². The molecule has 1 fully saturated rings. The molecule has 0 saturated carbocycles. The zero-order valence-corrected chi connectivity index (χ0v) is 27.5. The molecule has 1 aliphatic carbocycles. The van der Waals surface area contributed by atoms with E-state index in [9.17, 15) is 0 Å². The third kappa shape index (κ3) is 6.90. The third-order valence-electron chi connectivity index (χ3n) is 9.28. The topological polar surface area (TPSA) is 39.8 Å². The van der Waals surface area contributed by atoms with E-state index in [4.69, 9.17) is 4.74 Å². The molecule has 5 heteroatoms. The van der Waals surface area contributed by atoms with Crippen LogP contribution in [0.4, 0.5) is 5.69 Å². The fourth-order valence-electron chi connectivity index (χ4n) is 6.65. The Morgan fingerprint density at radius 2 is 1.75 bits per heavy atom. The zero-order valence-electron chi connectivity index (χ0n) is 27.5. The Hall–Kier alpha value is -3.54. The largest absolute Gasteiger partial charge is 0.454 e. The van der Waals surface area contributed by atoms with Gasteiger partial charge in [-0.15, -0.1) is 0 Å². The summed E-state index contributed by atoms with van der Waals surface area (Å²) in [7, 11) is 2.18. The van der Waals surface area contributed by atoms with Crippen molar-refractivity contribution >= 4 is 22.0 Å². The molecule has 2 heterocycles. The van der Waals surface area contributed by atoms with Crippen molar-refractivity contribution in [1.29, 1.82) is 0 Å². The van der Waals surface area contributed by atoms with Crippen LogP contribution in [0.3, 0.4) is 0 Å². The van der Waals surface area contributed by atoms with Gasteiger partial charge in [-0.3, -0.25) is 0 Å². The van der Waals surface area contributed by atoms with Crippen LogP contribution < -0.4 is 15.4 Å². The fourth-order valence-corrected chi connectivity index (χ4v) is 6.65. The highest BCUT2D eigenvalue weighted by Gasteiger charge is 2.35. The van der Waals surface area contributed by atoms with Gasteiger partial charge in [-0.25, -0.2) is 0 Å². The summed E-state index contributed by atoms with van der Waals surface area (Å²) in [4.78, 5) is 4.93. The van der Waals surface area contributed by atoms with Gasteiger partial charge >= 0.3 is 0 Å². The molecule has 3 aliphatic rings. The molecule has 6 rings (SSSR count). The predicted molar refractivity (Wildman–Crippen MR) is 189 cm³/mol. The lowest BCUT2D eigenvalue weighted by Crippen LogP contribution is -2.35. The Bertz CT molecular complexity index is 1500. The van der Waals surface area contributed by atoms with Gasteiger partial charge in [-0.2, -0.15) is 0 Å². The van der Waals surface area contributed by atoms with Gasteiger partial charge in [0.1, 0.15) is 5.75 Å². The number of nitrogens with zero attached hydrogens (tertiary/aromatic N) is 2. The number of benzene rings is 3.